The summed E-state index contributed by atoms with van der Waals surface area (Å²) in [4.78, 5) is 28.1. The van der Waals surface area contributed by atoms with Crippen LogP contribution in [0.3, 0.4) is 0 Å². The summed E-state index contributed by atoms with van der Waals surface area (Å²) in [7, 11) is 1.37. The zero-order chi connectivity index (χ0) is 24.6. The molecule has 3 rings (SSSR count). The first-order chi connectivity index (χ1) is 16.4. The molecule has 2 aromatic carbocycles. The average Bonchev–Trinajstić information content (AvgIpc) is 2.84. The molecule has 0 saturated heterocycles. The first kappa shape index (κ1) is 25.8. The van der Waals surface area contributed by atoms with Crippen LogP contribution in [0.25, 0.3) is 0 Å². The number of ether oxygens (including phenoxy) is 1. The molecule has 34 heavy (non-hydrogen) atoms. The van der Waals surface area contributed by atoms with E-state index in [2.05, 4.69) is 24.4 Å². The van der Waals surface area contributed by atoms with E-state index in [4.69, 9.17) is 4.74 Å². The number of methoxy groups -OCH3 is 1. The summed E-state index contributed by atoms with van der Waals surface area (Å²) in [6.45, 7) is 3.95. The molecule has 1 fully saturated rings. The van der Waals surface area contributed by atoms with Crippen molar-refractivity contribution in [1.29, 1.82) is 0 Å². The van der Waals surface area contributed by atoms with Crippen molar-refractivity contribution in [3.8, 4) is 0 Å². The fraction of sp³-hybridized carbons (Fsp3) is 0.500. The lowest BCUT2D eigenvalue weighted by atomic mass is 9.70. The van der Waals surface area contributed by atoms with Crippen LogP contribution < -0.4 is 5.32 Å². The van der Waals surface area contributed by atoms with Crippen molar-refractivity contribution in [1.82, 2.24) is 10.2 Å². The first-order valence-corrected chi connectivity index (χ1v) is 12.4. The standard InChI is InChI=1S/C28H38N2O4/c1-4-5-17-24(25(31)26(32)29-21(2)23-15-10-7-11-16-23)30(27(33)34-3)28(18-12-19-28)20-22-13-8-6-9-14-22/h6-11,13-16,21,24-25,31H,4-5,12,17-20H2,1-3H3,(H,29,32)/t21-,24+,25?/m1/s1. The molecular weight excluding hydrogens is 428 g/mol. The van der Waals surface area contributed by atoms with Gasteiger partial charge in [-0.1, -0.05) is 80.4 Å². The molecule has 2 amide bonds. The number of aliphatic hydroxyl groups is 1. The Morgan fingerprint density at radius 1 is 1.09 bits per heavy atom. The Hall–Kier alpha value is -2.86. The number of amides is 2. The quantitative estimate of drug-likeness (QED) is 0.488. The molecule has 0 radical (unpaired) electrons. The minimum absolute atomic E-state index is 0.260. The summed E-state index contributed by atoms with van der Waals surface area (Å²) in [5.41, 5.74) is 1.61. The lowest BCUT2D eigenvalue weighted by molar-refractivity contribution is -0.136. The monoisotopic (exact) mass is 466 g/mol. The lowest BCUT2D eigenvalue weighted by Crippen LogP contribution is -2.65. The number of benzene rings is 2. The van der Waals surface area contributed by atoms with Crippen molar-refractivity contribution < 1.29 is 19.4 Å². The van der Waals surface area contributed by atoms with Gasteiger partial charge in [-0.25, -0.2) is 4.79 Å². The third-order valence-electron chi connectivity index (χ3n) is 7.02. The normalized spacial score (nSPS) is 17.1. The number of hydrogen-bond donors (Lipinski definition) is 2. The maximum Gasteiger partial charge on any atom is 0.410 e. The smallest absolute Gasteiger partial charge is 0.410 e. The number of nitrogens with one attached hydrogen (secondary N) is 1. The lowest BCUT2D eigenvalue weighted by Gasteiger charge is -2.53. The summed E-state index contributed by atoms with van der Waals surface area (Å²) in [6, 6.07) is 18.8. The Morgan fingerprint density at radius 3 is 2.24 bits per heavy atom. The van der Waals surface area contributed by atoms with Crippen molar-refractivity contribution in [2.24, 2.45) is 0 Å². The Labute approximate surface area is 203 Å². The predicted octanol–water partition coefficient (Wildman–Crippen LogP) is 5.02. The van der Waals surface area contributed by atoms with Gasteiger partial charge in [0, 0.05) is 0 Å². The average molecular weight is 467 g/mol. The second-order valence-electron chi connectivity index (χ2n) is 9.38. The van der Waals surface area contributed by atoms with Crippen LogP contribution in [0.1, 0.15) is 69.5 Å². The van der Waals surface area contributed by atoms with Crippen molar-refractivity contribution in [2.75, 3.05) is 7.11 Å². The van der Waals surface area contributed by atoms with E-state index in [-0.39, 0.29) is 6.04 Å². The summed E-state index contributed by atoms with van der Waals surface area (Å²) < 4.78 is 5.22. The Bertz CT molecular complexity index is 915. The van der Waals surface area contributed by atoms with Crippen LogP contribution in [0.15, 0.2) is 60.7 Å². The molecule has 0 bridgehead atoms. The highest BCUT2D eigenvalue weighted by Crippen LogP contribution is 2.43. The van der Waals surface area contributed by atoms with Crippen LogP contribution in [-0.2, 0) is 16.0 Å². The van der Waals surface area contributed by atoms with Gasteiger partial charge in [-0.15, -0.1) is 0 Å². The van der Waals surface area contributed by atoms with Gasteiger partial charge in [-0.2, -0.15) is 0 Å². The molecular formula is C28H38N2O4. The zero-order valence-electron chi connectivity index (χ0n) is 20.6. The van der Waals surface area contributed by atoms with Crippen LogP contribution in [0.4, 0.5) is 4.79 Å². The van der Waals surface area contributed by atoms with Crippen LogP contribution in [0, 0.1) is 0 Å². The molecule has 184 valence electrons. The molecule has 2 aromatic rings. The molecule has 2 N–H and O–H groups in total. The largest absolute Gasteiger partial charge is 0.453 e. The highest BCUT2D eigenvalue weighted by atomic mass is 16.5. The highest BCUT2D eigenvalue weighted by molar-refractivity contribution is 5.82. The molecule has 0 heterocycles. The number of unbranched alkanes of at least 4 members (excludes halogenated alkanes) is 1. The van der Waals surface area contributed by atoms with Gasteiger partial charge in [-0.3, -0.25) is 9.69 Å². The highest BCUT2D eigenvalue weighted by Gasteiger charge is 2.50. The van der Waals surface area contributed by atoms with Gasteiger partial charge < -0.3 is 15.2 Å². The van der Waals surface area contributed by atoms with E-state index in [1.165, 1.54) is 7.11 Å². The predicted molar refractivity (Wildman–Crippen MR) is 133 cm³/mol. The number of nitrogens with zero attached hydrogens (tertiary/aromatic N) is 1. The van der Waals surface area contributed by atoms with Gasteiger partial charge in [0.15, 0.2) is 6.10 Å². The van der Waals surface area contributed by atoms with Crippen LogP contribution in [0.5, 0.6) is 0 Å². The number of aliphatic hydroxyl groups excluding tert-OH is 1. The summed E-state index contributed by atoms with van der Waals surface area (Å²) in [5, 5.41) is 14.2. The van der Waals surface area contributed by atoms with Gasteiger partial charge in [0.1, 0.15) is 0 Å². The van der Waals surface area contributed by atoms with Gasteiger partial charge in [0.2, 0.25) is 0 Å². The third-order valence-corrected chi connectivity index (χ3v) is 7.02. The SMILES string of the molecule is CCCC[C@@H](C(O)C(=O)N[C@H](C)c1ccccc1)N(C(=O)OC)C1(Cc2ccccc2)CCC1. The second-order valence-corrected chi connectivity index (χ2v) is 9.38. The topological polar surface area (TPSA) is 78.9 Å². The summed E-state index contributed by atoms with van der Waals surface area (Å²) in [6.07, 6.45) is 3.65. The maximum absolute atomic E-state index is 13.2. The second kappa shape index (κ2) is 12.0. The fourth-order valence-corrected chi connectivity index (χ4v) is 4.98. The van der Waals surface area contributed by atoms with E-state index < -0.39 is 29.7 Å². The van der Waals surface area contributed by atoms with Gasteiger partial charge in [-0.05, 0) is 50.2 Å². The van der Waals surface area contributed by atoms with E-state index in [1.54, 1.807) is 4.90 Å². The van der Waals surface area contributed by atoms with Crippen molar-refractivity contribution in [3.05, 3.63) is 71.8 Å². The van der Waals surface area contributed by atoms with Crippen LogP contribution >= 0.6 is 0 Å². The molecule has 1 aliphatic carbocycles. The Kier molecular flexibility index (Phi) is 9.11. The molecule has 0 aliphatic heterocycles. The molecule has 1 saturated carbocycles. The van der Waals surface area contributed by atoms with E-state index in [9.17, 15) is 14.7 Å². The first-order valence-electron chi connectivity index (χ1n) is 12.4. The molecule has 3 atom stereocenters. The number of rotatable bonds is 11. The number of carbonyl (C=O) groups is 2. The van der Waals surface area contributed by atoms with Crippen LogP contribution in [0.2, 0.25) is 0 Å². The van der Waals surface area contributed by atoms with Gasteiger partial charge in [0.25, 0.3) is 5.91 Å². The van der Waals surface area contributed by atoms with Gasteiger partial charge in [0.05, 0.1) is 24.7 Å². The number of hydrogen-bond acceptors (Lipinski definition) is 4. The van der Waals surface area contributed by atoms with Crippen molar-refractivity contribution in [2.45, 2.75) is 82.5 Å². The van der Waals surface area contributed by atoms with Crippen LogP contribution in [-0.4, -0.2) is 46.8 Å². The molecule has 1 aliphatic rings. The van der Waals surface area contributed by atoms with Gasteiger partial charge >= 0.3 is 6.09 Å². The minimum atomic E-state index is -1.36. The van der Waals surface area contributed by atoms with Crippen molar-refractivity contribution >= 4 is 12.0 Å². The molecule has 0 aromatic heterocycles. The van der Waals surface area contributed by atoms with Crippen molar-refractivity contribution in [3.63, 3.8) is 0 Å². The van der Waals surface area contributed by atoms with E-state index >= 15 is 0 Å². The van der Waals surface area contributed by atoms with E-state index in [1.807, 2.05) is 55.5 Å². The molecule has 1 unspecified atom stereocenters. The van der Waals surface area contributed by atoms with E-state index in [0.29, 0.717) is 12.8 Å². The maximum atomic E-state index is 13.2. The molecule has 0 spiro atoms. The summed E-state index contributed by atoms with van der Waals surface area (Å²) >= 11 is 0. The van der Waals surface area contributed by atoms with E-state index in [0.717, 1.165) is 43.2 Å². The fourth-order valence-electron chi connectivity index (χ4n) is 4.98. The zero-order valence-corrected chi connectivity index (χ0v) is 20.6. The Morgan fingerprint density at radius 2 is 1.71 bits per heavy atom. The Balaban J connectivity index is 1.87. The molecule has 6 nitrogen and oxygen atoms in total. The summed E-state index contributed by atoms with van der Waals surface area (Å²) in [5.74, 6) is -0.472. The molecule has 6 heteroatoms. The third kappa shape index (κ3) is 5.98. The minimum Gasteiger partial charge on any atom is -0.453 e. The number of carbonyl (C=O) groups excluding carboxylic acids is 2.